The van der Waals surface area contributed by atoms with Crippen molar-refractivity contribution in [3.63, 3.8) is 0 Å². The van der Waals surface area contributed by atoms with E-state index in [-0.39, 0.29) is 12.0 Å². The molecule has 2 aromatic rings. The van der Waals surface area contributed by atoms with E-state index in [9.17, 15) is 4.79 Å². The molecule has 0 atom stereocenters. The first-order valence-corrected chi connectivity index (χ1v) is 12.1. The molecule has 2 aliphatic rings. The van der Waals surface area contributed by atoms with Gasteiger partial charge in [-0.05, 0) is 37.3 Å². The predicted octanol–water partition coefficient (Wildman–Crippen LogP) is 3.77. The summed E-state index contributed by atoms with van der Waals surface area (Å²) in [5.74, 6) is 3.10. The molecule has 1 saturated heterocycles. The molecule has 1 aromatic heterocycles. The Morgan fingerprint density at radius 2 is 1.73 bits per heavy atom. The standard InChI is InChI=1S/C23H30N4O2S/c28-23(18-30-17-19-7-3-1-4-8-19)27-15-13-26(14-16-27)21-11-12-22(25-24-21)29-20-9-5-2-6-10-20/h1,3-4,7-8,11-12,20H,2,5-6,9-10,13-18H2. The Labute approximate surface area is 183 Å². The molecule has 0 bridgehead atoms. The SMILES string of the molecule is O=C(CSCc1ccccc1)N1CCN(c2ccc(OC3CCCCC3)nn2)CC1. The van der Waals surface area contributed by atoms with Gasteiger partial charge >= 0.3 is 0 Å². The van der Waals surface area contributed by atoms with Gasteiger partial charge in [0.15, 0.2) is 5.82 Å². The molecule has 30 heavy (non-hydrogen) atoms. The van der Waals surface area contributed by atoms with Crippen molar-refractivity contribution < 1.29 is 9.53 Å². The van der Waals surface area contributed by atoms with Crippen LogP contribution in [0, 0.1) is 0 Å². The van der Waals surface area contributed by atoms with Gasteiger partial charge in [0.25, 0.3) is 0 Å². The van der Waals surface area contributed by atoms with Crippen LogP contribution >= 0.6 is 11.8 Å². The average Bonchev–Trinajstić information content (AvgIpc) is 2.81. The zero-order valence-electron chi connectivity index (χ0n) is 17.4. The molecule has 160 valence electrons. The normalized spacial score (nSPS) is 17.7. The van der Waals surface area contributed by atoms with Crippen LogP contribution in [-0.2, 0) is 10.5 Å². The summed E-state index contributed by atoms with van der Waals surface area (Å²) in [7, 11) is 0. The molecule has 7 heteroatoms. The number of benzene rings is 1. The highest BCUT2D eigenvalue weighted by Gasteiger charge is 2.22. The Morgan fingerprint density at radius 3 is 2.43 bits per heavy atom. The van der Waals surface area contributed by atoms with Crippen molar-refractivity contribution in [2.24, 2.45) is 0 Å². The molecule has 0 N–H and O–H groups in total. The minimum atomic E-state index is 0.220. The van der Waals surface area contributed by atoms with Crippen LogP contribution in [-0.4, -0.2) is 59.0 Å². The quantitative estimate of drug-likeness (QED) is 0.672. The minimum Gasteiger partial charge on any atom is -0.473 e. The molecule has 4 rings (SSSR count). The first-order chi connectivity index (χ1) is 14.8. The molecule has 0 spiro atoms. The van der Waals surface area contributed by atoms with E-state index < -0.39 is 0 Å². The number of piperazine rings is 1. The molecule has 6 nitrogen and oxygen atoms in total. The smallest absolute Gasteiger partial charge is 0.233 e. The number of anilines is 1. The number of amides is 1. The Hall–Kier alpha value is -2.28. The first kappa shape index (κ1) is 21.0. The van der Waals surface area contributed by atoms with Gasteiger partial charge in [0.2, 0.25) is 11.8 Å². The zero-order chi connectivity index (χ0) is 20.6. The van der Waals surface area contributed by atoms with E-state index in [0.717, 1.165) is 50.6 Å². The molecule has 0 unspecified atom stereocenters. The van der Waals surface area contributed by atoms with E-state index in [1.165, 1.54) is 24.8 Å². The molecule has 1 amide bonds. The third kappa shape index (κ3) is 5.88. The van der Waals surface area contributed by atoms with Crippen LogP contribution in [0.1, 0.15) is 37.7 Å². The van der Waals surface area contributed by atoms with Crippen LogP contribution < -0.4 is 9.64 Å². The van der Waals surface area contributed by atoms with Gasteiger partial charge < -0.3 is 14.5 Å². The van der Waals surface area contributed by atoms with Gasteiger partial charge in [-0.15, -0.1) is 22.0 Å². The fourth-order valence-corrected chi connectivity index (χ4v) is 4.89. The van der Waals surface area contributed by atoms with E-state index >= 15 is 0 Å². The first-order valence-electron chi connectivity index (χ1n) is 10.9. The number of carbonyl (C=O) groups excluding carboxylic acids is 1. The summed E-state index contributed by atoms with van der Waals surface area (Å²) in [4.78, 5) is 16.7. The molecular weight excluding hydrogens is 396 g/mol. The number of hydrogen-bond donors (Lipinski definition) is 0. The minimum absolute atomic E-state index is 0.220. The van der Waals surface area contributed by atoms with Crippen molar-refractivity contribution >= 4 is 23.5 Å². The summed E-state index contributed by atoms with van der Waals surface area (Å²) in [6.07, 6.45) is 6.30. The Balaban J connectivity index is 1.19. The summed E-state index contributed by atoms with van der Waals surface area (Å²) < 4.78 is 5.97. The van der Waals surface area contributed by atoms with E-state index in [0.29, 0.717) is 11.6 Å². The highest BCUT2D eigenvalue weighted by molar-refractivity contribution is 7.99. The molecule has 1 saturated carbocycles. The van der Waals surface area contributed by atoms with Gasteiger partial charge in [0.05, 0.1) is 5.75 Å². The molecular formula is C23H30N4O2S. The lowest BCUT2D eigenvalue weighted by molar-refractivity contribution is -0.128. The largest absolute Gasteiger partial charge is 0.473 e. The maximum Gasteiger partial charge on any atom is 0.233 e. The van der Waals surface area contributed by atoms with Crippen molar-refractivity contribution in [3.8, 4) is 5.88 Å². The fraction of sp³-hybridized carbons (Fsp3) is 0.522. The van der Waals surface area contributed by atoms with Gasteiger partial charge in [-0.25, -0.2) is 0 Å². The lowest BCUT2D eigenvalue weighted by Crippen LogP contribution is -2.49. The summed E-state index contributed by atoms with van der Waals surface area (Å²) in [6, 6.07) is 14.2. The fourth-order valence-electron chi connectivity index (χ4n) is 4.00. The number of thioether (sulfide) groups is 1. The summed E-state index contributed by atoms with van der Waals surface area (Å²) >= 11 is 1.68. The lowest BCUT2D eigenvalue weighted by atomic mass is 9.98. The van der Waals surface area contributed by atoms with Gasteiger partial charge in [0.1, 0.15) is 6.10 Å². The van der Waals surface area contributed by atoms with Crippen molar-refractivity contribution in [3.05, 3.63) is 48.0 Å². The Kier molecular flexibility index (Phi) is 7.45. The maximum atomic E-state index is 12.5. The van der Waals surface area contributed by atoms with Crippen molar-refractivity contribution in [2.45, 2.75) is 44.0 Å². The van der Waals surface area contributed by atoms with Crippen LogP contribution in [0.4, 0.5) is 5.82 Å². The van der Waals surface area contributed by atoms with E-state index in [1.54, 1.807) is 11.8 Å². The summed E-state index contributed by atoms with van der Waals surface area (Å²) in [6.45, 7) is 3.03. The second-order valence-corrected chi connectivity index (χ2v) is 8.94. The van der Waals surface area contributed by atoms with Crippen LogP contribution in [0.3, 0.4) is 0 Å². The van der Waals surface area contributed by atoms with Gasteiger partial charge in [-0.1, -0.05) is 36.8 Å². The monoisotopic (exact) mass is 426 g/mol. The third-order valence-electron chi connectivity index (χ3n) is 5.76. The molecule has 1 aliphatic carbocycles. The molecule has 1 aromatic carbocycles. The number of carbonyl (C=O) groups is 1. The summed E-state index contributed by atoms with van der Waals surface area (Å²) in [5, 5.41) is 8.64. The van der Waals surface area contributed by atoms with Crippen LogP contribution in [0.15, 0.2) is 42.5 Å². The van der Waals surface area contributed by atoms with Gasteiger partial charge in [-0.3, -0.25) is 4.79 Å². The van der Waals surface area contributed by atoms with E-state index in [2.05, 4.69) is 27.2 Å². The van der Waals surface area contributed by atoms with Crippen LogP contribution in [0.25, 0.3) is 0 Å². The number of hydrogen-bond acceptors (Lipinski definition) is 6. The Morgan fingerprint density at radius 1 is 0.967 bits per heavy atom. The Bertz CT molecular complexity index is 789. The second-order valence-electron chi connectivity index (χ2n) is 7.95. The topological polar surface area (TPSA) is 58.6 Å². The molecule has 0 radical (unpaired) electrons. The second kappa shape index (κ2) is 10.7. The van der Waals surface area contributed by atoms with Crippen molar-refractivity contribution in [1.29, 1.82) is 0 Å². The highest BCUT2D eigenvalue weighted by atomic mass is 32.2. The van der Waals surface area contributed by atoms with Gasteiger partial charge in [-0.2, -0.15) is 0 Å². The van der Waals surface area contributed by atoms with Gasteiger partial charge in [0, 0.05) is 38.0 Å². The highest BCUT2D eigenvalue weighted by Crippen LogP contribution is 2.23. The van der Waals surface area contributed by atoms with Crippen molar-refractivity contribution in [2.75, 3.05) is 36.8 Å². The molecule has 2 heterocycles. The summed E-state index contributed by atoms with van der Waals surface area (Å²) in [5.41, 5.74) is 1.26. The molecule has 1 aliphatic heterocycles. The van der Waals surface area contributed by atoms with E-state index in [4.69, 9.17) is 4.74 Å². The van der Waals surface area contributed by atoms with E-state index in [1.807, 2.05) is 35.2 Å². The lowest BCUT2D eigenvalue weighted by Gasteiger charge is -2.35. The number of aromatic nitrogens is 2. The van der Waals surface area contributed by atoms with Crippen LogP contribution in [0.2, 0.25) is 0 Å². The molecule has 2 fully saturated rings. The van der Waals surface area contributed by atoms with Crippen LogP contribution in [0.5, 0.6) is 5.88 Å². The number of ether oxygens (including phenoxy) is 1. The third-order valence-corrected chi connectivity index (χ3v) is 6.75. The van der Waals surface area contributed by atoms with Crippen molar-refractivity contribution in [1.82, 2.24) is 15.1 Å². The number of rotatable bonds is 7. The average molecular weight is 427 g/mol. The zero-order valence-corrected chi connectivity index (χ0v) is 18.2. The predicted molar refractivity (Wildman–Crippen MR) is 121 cm³/mol. The number of nitrogens with zero attached hydrogens (tertiary/aromatic N) is 4. The maximum absolute atomic E-state index is 12.5.